The van der Waals surface area contributed by atoms with Crippen LogP contribution in [0.5, 0.6) is 17.2 Å². The molecule has 1 fully saturated rings. The van der Waals surface area contributed by atoms with E-state index in [4.69, 9.17) is 19.2 Å². The fourth-order valence-corrected chi connectivity index (χ4v) is 5.39. The van der Waals surface area contributed by atoms with E-state index in [9.17, 15) is 0 Å². The van der Waals surface area contributed by atoms with E-state index in [2.05, 4.69) is 22.9 Å². The number of aromatic nitrogens is 1. The molecule has 164 valence electrons. The van der Waals surface area contributed by atoms with Gasteiger partial charge in [-0.15, -0.1) is 11.3 Å². The molecule has 0 amide bonds. The Morgan fingerprint density at radius 3 is 2.45 bits per heavy atom. The van der Waals surface area contributed by atoms with Crippen LogP contribution in [0.2, 0.25) is 0 Å². The van der Waals surface area contributed by atoms with Gasteiger partial charge in [0, 0.05) is 17.0 Å². The van der Waals surface area contributed by atoms with Crippen molar-refractivity contribution >= 4 is 17.0 Å². The van der Waals surface area contributed by atoms with Crippen molar-refractivity contribution in [1.29, 1.82) is 0 Å². The molecule has 0 radical (unpaired) electrons. The molecular weight excluding hydrogens is 408 g/mol. The Balaban J connectivity index is 1.95. The molecule has 5 nitrogen and oxygen atoms in total. The lowest BCUT2D eigenvalue weighted by Gasteiger charge is -2.31. The number of methoxy groups -OCH3 is 3. The minimum absolute atomic E-state index is 0.388. The molecule has 0 N–H and O–H groups in total. The highest BCUT2D eigenvalue weighted by Crippen LogP contribution is 2.40. The molecule has 1 saturated carbocycles. The van der Waals surface area contributed by atoms with Gasteiger partial charge < -0.3 is 18.8 Å². The highest BCUT2D eigenvalue weighted by Gasteiger charge is 2.27. The number of para-hydroxylation sites is 2. The average molecular weight is 439 g/mol. The maximum absolute atomic E-state index is 5.72. The maximum atomic E-state index is 5.72. The molecule has 6 heteroatoms. The topological polar surface area (TPSA) is 45.0 Å². The molecule has 0 bridgehead atoms. The zero-order valence-electron chi connectivity index (χ0n) is 18.6. The van der Waals surface area contributed by atoms with Crippen LogP contribution in [-0.4, -0.2) is 25.9 Å². The van der Waals surface area contributed by atoms with Gasteiger partial charge in [0.25, 0.3) is 0 Å². The summed E-state index contributed by atoms with van der Waals surface area (Å²) >= 11 is 1.66. The Hall–Kier alpha value is -2.73. The summed E-state index contributed by atoms with van der Waals surface area (Å²) < 4.78 is 19.2. The van der Waals surface area contributed by atoms with Crippen molar-refractivity contribution < 1.29 is 14.2 Å². The maximum Gasteiger partial charge on any atom is 0.190 e. The largest absolute Gasteiger partial charge is 0.497 e. The van der Waals surface area contributed by atoms with Crippen LogP contribution in [0, 0.1) is 5.92 Å². The molecule has 1 aliphatic carbocycles. The van der Waals surface area contributed by atoms with Crippen LogP contribution in [-0.2, 0) is 0 Å². The molecule has 1 aromatic heterocycles. The summed E-state index contributed by atoms with van der Waals surface area (Å²) in [6.07, 6.45) is 4.91. The van der Waals surface area contributed by atoms with E-state index in [1.807, 2.05) is 36.4 Å². The van der Waals surface area contributed by atoms with Crippen molar-refractivity contribution in [3.8, 4) is 28.5 Å². The first-order valence-electron chi connectivity index (χ1n) is 10.8. The van der Waals surface area contributed by atoms with Gasteiger partial charge in [0.05, 0.1) is 27.0 Å². The summed E-state index contributed by atoms with van der Waals surface area (Å²) in [6, 6.07) is 14.3. The number of benzene rings is 2. The van der Waals surface area contributed by atoms with Crippen molar-refractivity contribution in [3.63, 3.8) is 0 Å². The molecule has 2 unspecified atom stereocenters. The number of ether oxygens (including phenoxy) is 3. The van der Waals surface area contributed by atoms with Crippen molar-refractivity contribution in [1.82, 2.24) is 4.57 Å². The smallest absolute Gasteiger partial charge is 0.190 e. The van der Waals surface area contributed by atoms with Crippen LogP contribution in [0.4, 0.5) is 5.69 Å². The Kier molecular flexibility index (Phi) is 6.66. The monoisotopic (exact) mass is 438 g/mol. The molecule has 0 aliphatic heterocycles. The zero-order valence-corrected chi connectivity index (χ0v) is 19.4. The minimum Gasteiger partial charge on any atom is -0.497 e. The second kappa shape index (κ2) is 9.60. The molecule has 0 spiro atoms. The van der Waals surface area contributed by atoms with Crippen molar-refractivity contribution in [2.24, 2.45) is 10.9 Å². The molecule has 4 rings (SSSR count). The highest BCUT2D eigenvalue weighted by molar-refractivity contribution is 7.07. The Morgan fingerprint density at radius 2 is 1.71 bits per heavy atom. The first-order chi connectivity index (χ1) is 15.2. The highest BCUT2D eigenvalue weighted by atomic mass is 32.1. The predicted molar refractivity (Wildman–Crippen MR) is 126 cm³/mol. The number of hydrogen-bond donors (Lipinski definition) is 0. The average Bonchev–Trinajstić information content (AvgIpc) is 3.22. The Bertz CT molecular complexity index is 1100. The molecule has 31 heavy (non-hydrogen) atoms. The van der Waals surface area contributed by atoms with E-state index in [1.165, 1.54) is 19.3 Å². The zero-order chi connectivity index (χ0) is 21.8. The summed E-state index contributed by atoms with van der Waals surface area (Å²) in [7, 11) is 5.09. The van der Waals surface area contributed by atoms with Gasteiger partial charge in [0.2, 0.25) is 0 Å². The van der Waals surface area contributed by atoms with E-state index >= 15 is 0 Å². The van der Waals surface area contributed by atoms with Crippen LogP contribution >= 0.6 is 11.3 Å². The first kappa shape index (κ1) is 21.5. The molecule has 2 aromatic carbocycles. The molecule has 3 aromatic rings. The van der Waals surface area contributed by atoms with Crippen LogP contribution in [0.3, 0.4) is 0 Å². The molecular formula is C25H30N2O3S. The second-order valence-corrected chi connectivity index (χ2v) is 8.79. The van der Waals surface area contributed by atoms with E-state index in [1.54, 1.807) is 32.7 Å². The fraction of sp³-hybridized carbons (Fsp3) is 0.400. The summed E-state index contributed by atoms with van der Waals surface area (Å²) in [5.74, 6) is 3.00. The van der Waals surface area contributed by atoms with Gasteiger partial charge in [0.15, 0.2) is 4.80 Å². The van der Waals surface area contributed by atoms with Gasteiger partial charge in [0.1, 0.15) is 22.9 Å². The number of rotatable bonds is 6. The van der Waals surface area contributed by atoms with Gasteiger partial charge >= 0.3 is 0 Å². The lowest BCUT2D eigenvalue weighted by atomic mass is 9.85. The van der Waals surface area contributed by atoms with Crippen molar-refractivity contribution in [2.75, 3.05) is 21.3 Å². The molecule has 2 atom stereocenters. The van der Waals surface area contributed by atoms with Crippen LogP contribution in [0.1, 0.15) is 38.6 Å². The quantitative estimate of drug-likeness (QED) is 0.458. The Morgan fingerprint density at radius 1 is 0.935 bits per heavy atom. The standard InChI is InChI=1S/C25H30N2O3S/c1-17-9-5-7-11-21(17)27-22(19-15-18(28-2)13-14-23(19)29-3)16-31-25(27)26-20-10-6-8-12-24(20)30-4/h6,8,10,12-17,21H,5,7,9,11H2,1-4H3. The molecule has 1 aliphatic rings. The summed E-state index contributed by atoms with van der Waals surface area (Å²) in [5, 5.41) is 2.19. The lowest BCUT2D eigenvalue weighted by molar-refractivity contribution is 0.255. The molecule has 1 heterocycles. The summed E-state index contributed by atoms with van der Waals surface area (Å²) in [5.41, 5.74) is 2.98. The Labute approximate surface area is 187 Å². The van der Waals surface area contributed by atoms with Crippen molar-refractivity contribution in [2.45, 2.75) is 38.6 Å². The predicted octanol–water partition coefficient (Wildman–Crippen LogP) is 6.23. The van der Waals surface area contributed by atoms with Gasteiger partial charge in [-0.1, -0.05) is 31.9 Å². The third-order valence-electron chi connectivity index (χ3n) is 6.12. The van der Waals surface area contributed by atoms with E-state index in [-0.39, 0.29) is 0 Å². The second-order valence-electron chi connectivity index (χ2n) is 7.95. The number of thiazole rings is 1. The van der Waals surface area contributed by atoms with Gasteiger partial charge in [-0.2, -0.15) is 0 Å². The molecule has 0 saturated heterocycles. The number of nitrogens with zero attached hydrogens (tertiary/aromatic N) is 2. The SMILES string of the molecule is COc1ccc(OC)c(-c2csc(=Nc3ccccc3OC)n2C2CCCCC2C)c1. The van der Waals surface area contributed by atoms with Gasteiger partial charge in [-0.05, 0) is 49.1 Å². The number of hydrogen-bond acceptors (Lipinski definition) is 5. The van der Waals surface area contributed by atoms with Crippen LogP contribution in [0.15, 0.2) is 52.8 Å². The van der Waals surface area contributed by atoms with E-state index in [0.29, 0.717) is 12.0 Å². The van der Waals surface area contributed by atoms with Gasteiger partial charge in [-0.3, -0.25) is 0 Å². The van der Waals surface area contributed by atoms with Crippen LogP contribution in [0.25, 0.3) is 11.3 Å². The van der Waals surface area contributed by atoms with E-state index in [0.717, 1.165) is 45.4 Å². The van der Waals surface area contributed by atoms with Gasteiger partial charge in [-0.25, -0.2) is 4.99 Å². The lowest BCUT2D eigenvalue weighted by Crippen LogP contribution is -2.28. The summed E-state index contributed by atoms with van der Waals surface area (Å²) in [6.45, 7) is 2.36. The fourth-order valence-electron chi connectivity index (χ4n) is 4.44. The normalized spacial score (nSPS) is 19.3. The van der Waals surface area contributed by atoms with Crippen LogP contribution < -0.4 is 19.0 Å². The minimum atomic E-state index is 0.388. The third kappa shape index (κ3) is 4.35. The van der Waals surface area contributed by atoms with Crippen molar-refractivity contribution in [3.05, 3.63) is 52.6 Å². The third-order valence-corrected chi connectivity index (χ3v) is 6.96. The first-order valence-corrected chi connectivity index (χ1v) is 11.6. The van der Waals surface area contributed by atoms with E-state index < -0.39 is 0 Å². The summed E-state index contributed by atoms with van der Waals surface area (Å²) in [4.78, 5) is 6.03.